The summed E-state index contributed by atoms with van der Waals surface area (Å²) in [5, 5.41) is 0. The number of amides is 2. The van der Waals surface area contributed by atoms with Gasteiger partial charge >= 0.3 is 0 Å². The molecule has 0 radical (unpaired) electrons. The zero-order chi connectivity index (χ0) is 14.7. The van der Waals surface area contributed by atoms with E-state index in [1.165, 1.54) is 12.0 Å². The van der Waals surface area contributed by atoms with Crippen molar-refractivity contribution >= 4 is 11.8 Å². The molecule has 1 aliphatic heterocycles. The Balaban J connectivity index is 2.29. The lowest BCUT2D eigenvalue weighted by molar-refractivity contribution is -0.124. The number of ether oxygens (including phenoxy) is 1. The lowest BCUT2D eigenvalue weighted by atomic mass is 10.1. The van der Waals surface area contributed by atoms with E-state index in [4.69, 9.17) is 10.5 Å². The number of carbonyl (C=O) groups is 2. The van der Waals surface area contributed by atoms with Gasteiger partial charge in [-0.05, 0) is 19.2 Å². The number of hydrogen-bond donors (Lipinski definition) is 1. The number of nitrogens with zero attached hydrogens (tertiary/aromatic N) is 2. The number of carbonyl (C=O) groups excluding carboxylic acids is 2. The van der Waals surface area contributed by atoms with Gasteiger partial charge in [-0.15, -0.1) is 0 Å². The van der Waals surface area contributed by atoms with Gasteiger partial charge in [0.2, 0.25) is 5.91 Å². The monoisotopic (exact) mass is 277 g/mol. The molecule has 0 aliphatic carbocycles. The summed E-state index contributed by atoms with van der Waals surface area (Å²) in [4.78, 5) is 27.7. The molecule has 0 spiro atoms. The summed E-state index contributed by atoms with van der Waals surface area (Å²) in [7, 11) is 3.42. The first-order valence-electron chi connectivity index (χ1n) is 6.46. The number of hydrogen-bond acceptors (Lipinski definition) is 4. The number of methoxy groups -OCH3 is 1. The third kappa shape index (κ3) is 2.75. The fraction of sp³-hybridized carbons (Fsp3) is 0.429. The minimum atomic E-state index is -0.605. The van der Waals surface area contributed by atoms with E-state index in [1.807, 2.05) is 11.9 Å². The minimum Gasteiger partial charge on any atom is -0.496 e. The first-order valence-corrected chi connectivity index (χ1v) is 6.46. The van der Waals surface area contributed by atoms with Gasteiger partial charge in [0.15, 0.2) is 0 Å². The normalized spacial score (nSPS) is 19.7. The van der Waals surface area contributed by atoms with Gasteiger partial charge in [0.05, 0.1) is 12.7 Å². The standard InChI is InChI=1S/C14H19N3O3/c1-16-7-8-17(11(9-16)13(15)18)14(19)10-5-3-4-6-12(10)20-2/h3-6,11H,7-9H2,1-2H3,(H2,15,18)/t11-/m0/s1. The Morgan fingerprint density at radius 1 is 1.30 bits per heavy atom. The Bertz CT molecular complexity index is 518. The molecule has 1 heterocycles. The predicted molar refractivity (Wildman–Crippen MR) is 74.5 cm³/mol. The van der Waals surface area contributed by atoms with E-state index >= 15 is 0 Å². The Morgan fingerprint density at radius 2 is 2.00 bits per heavy atom. The number of benzene rings is 1. The van der Waals surface area contributed by atoms with E-state index in [0.29, 0.717) is 30.9 Å². The van der Waals surface area contributed by atoms with Gasteiger partial charge < -0.3 is 20.3 Å². The number of para-hydroxylation sites is 1. The van der Waals surface area contributed by atoms with Crippen LogP contribution in [0.2, 0.25) is 0 Å². The van der Waals surface area contributed by atoms with Crippen molar-refractivity contribution in [3.8, 4) is 5.75 Å². The van der Waals surface area contributed by atoms with Gasteiger partial charge in [-0.1, -0.05) is 12.1 Å². The van der Waals surface area contributed by atoms with Crippen LogP contribution < -0.4 is 10.5 Å². The number of piperazine rings is 1. The molecule has 1 aromatic carbocycles. The Kier molecular flexibility index (Phi) is 4.24. The molecule has 0 saturated carbocycles. The van der Waals surface area contributed by atoms with Gasteiger partial charge in [-0.25, -0.2) is 0 Å². The van der Waals surface area contributed by atoms with E-state index in [9.17, 15) is 9.59 Å². The van der Waals surface area contributed by atoms with Gasteiger partial charge in [0.1, 0.15) is 11.8 Å². The van der Waals surface area contributed by atoms with Crippen LogP contribution in [-0.4, -0.2) is 61.4 Å². The third-order valence-electron chi connectivity index (χ3n) is 3.51. The zero-order valence-corrected chi connectivity index (χ0v) is 11.7. The second-order valence-electron chi connectivity index (χ2n) is 4.88. The Labute approximate surface area is 118 Å². The van der Waals surface area contributed by atoms with Crippen LogP contribution in [0.1, 0.15) is 10.4 Å². The van der Waals surface area contributed by atoms with Crippen LogP contribution in [0.5, 0.6) is 5.75 Å². The van der Waals surface area contributed by atoms with Crippen molar-refractivity contribution in [1.29, 1.82) is 0 Å². The molecular weight excluding hydrogens is 258 g/mol. The van der Waals surface area contributed by atoms with Gasteiger partial charge in [-0.2, -0.15) is 0 Å². The van der Waals surface area contributed by atoms with Crippen molar-refractivity contribution in [3.63, 3.8) is 0 Å². The average molecular weight is 277 g/mol. The van der Waals surface area contributed by atoms with E-state index in [2.05, 4.69) is 0 Å². The van der Waals surface area contributed by atoms with Crippen LogP contribution in [0, 0.1) is 0 Å². The first-order chi connectivity index (χ1) is 9.54. The highest BCUT2D eigenvalue weighted by molar-refractivity contribution is 5.99. The van der Waals surface area contributed by atoms with Crippen molar-refractivity contribution in [2.24, 2.45) is 5.73 Å². The molecule has 1 atom stereocenters. The summed E-state index contributed by atoms with van der Waals surface area (Å²) < 4.78 is 5.20. The minimum absolute atomic E-state index is 0.223. The van der Waals surface area contributed by atoms with E-state index in [1.54, 1.807) is 24.3 Å². The van der Waals surface area contributed by atoms with Gasteiger partial charge in [0.25, 0.3) is 5.91 Å². The fourth-order valence-corrected chi connectivity index (χ4v) is 2.38. The highest BCUT2D eigenvalue weighted by atomic mass is 16.5. The number of rotatable bonds is 3. The van der Waals surface area contributed by atoms with Crippen molar-refractivity contribution in [2.45, 2.75) is 6.04 Å². The molecule has 6 heteroatoms. The second kappa shape index (κ2) is 5.92. The van der Waals surface area contributed by atoms with Crippen LogP contribution in [0.15, 0.2) is 24.3 Å². The smallest absolute Gasteiger partial charge is 0.258 e. The highest BCUT2D eigenvalue weighted by Gasteiger charge is 2.34. The molecule has 20 heavy (non-hydrogen) atoms. The van der Waals surface area contributed by atoms with Crippen molar-refractivity contribution in [2.75, 3.05) is 33.8 Å². The molecule has 2 amide bonds. The quantitative estimate of drug-likeness (QED) is 0.839. The summed E-state index contributed by atoms with van der Waals surface area (Å²) >= 11 is 0. The molecule has 1 saturated heterocycles. The molecule has 1 aliphatic rings. The predicted octanol–water partition coefficient (Wildman–Crippen LogP) is -0.0633. The Morgan fingerprint density at radius 3 is 2.65 bits per heavy atom. The number of likely N-dealkylation sites (N-methyl/N-ethyl adjacent to an activating group) is 1. The molecule has 2 N–H and O–H groups in total. The summed E-state index contributed by atoms with van der Waals surface area (Å²) in [6.45, 7) is 1.64. The number of nitrogens with two attached hydrogens (primary N) is 1. The number of primary amides is 1. The maximum atomic E-state index is 12.6. The Hall–Kier alpha value is -2.08. The molecule has 0 bridgehead atoms. The van der Waals surface area contributed by atoms with E-state index < -0.39 is 11.9 Å². The van der Waals surface area contributed by atoms with Gasteiger partial charge in [-0.3, -0.25) is 9.59 Å². The maximum absolute atomic E-state index is 12.6. The summed E-state index contributed by atoms with van der Waals surface area (Å²) in [6.07, 6.45) is 0. The van der Waals surface area contributed by atoms with Crippen molar-refractivity contribution < 1.29 is 14.3 Å². The van der Waals surface area contributed by atoms with Crippen molar-refractivity contribution in [1.82, 2.24) is 9.80 Å². The molecule has 1 aromatic rings. The largest absolute Gasteiger partial charge is 0.496 e. The van der Waals surface area contributed by atoms with Crippen LogP contribution in [0.3, 0.4) is 0 Å². The van der Waals surface area contributed by atoms with Crippen LogP contribution in [0.25, 0.3) is 0 Å². The van der Waals surface area contributed by atoms with Crippen molar-refractivity contribution in [3.05, 3.63) is 29.8 Å². The molecule has 6 nitrogen and oxygen atoms in total. The maximum Gasteiger partial charge on any atom is 0.258 e. The average Bonchev–Trinajstić information content (AvgIpc) is 2.46. The highest BCUT2D eigenvalue weighted by Crippen LogP contribution is 2.21. The van der Waals surface area contributed by atoms with E-state index in [0.717, 1.165) is 0 Å². The second-order valence-corrected chi connectivity index (χ2v) is 4.88. The molecule has 1 fully saturated rings. The topological polar surface area (TPSA) is 75.9 Å². The van der Waals surface area contributed by atoms with Crippen LogP contribution in [-0.2, 0) is 4.79 Å². The summed E-state index contributed by atoms with van der Waals surface area (Å²) in [5.74, 6) is -0.209. The SMILES string of the molecule is COc1ccccc1C(=O)N1CCN(C)C[C@H]1C(N)=O. The summed E-state index contributed by atoms with van der Waals surface area (Å²) in [5.41, 5.74) is 5.87. The fourth-order valence-electron chi connectivity index (χ4n) is 2.38. The zero-order valence-electron chi connectivity index (χ0n) is 11.7. The molecule has 2 rings (SSSR count). The van der Waals surface area contributed by atoms with Crippen LogP contribution >= 0.6 is 0 Å². The molecular formula is C14H19N3O3. The third-order valence-corrected chi connectivity index (χ3v) is 3.51. The van der Waals surface area contributed by atoms with E-state index in [-0.39, 0.29) is 5.91 Å². The lowest BCUT2D eigenvalue weighted by Crippen LogP contribution is -2.59. The molecule has 0 unspecified atom stereocenters. The van der Waals surface area contributed by atoms with Gasteiger partial charge in [0, 0.05) is 19.6 Å². The summed E-state index contributed by atoms with van der Waals surface area (Å²) in [6, 6.07) is 6.38. The molecule has 0 aromatic heterocycles. The first kappa shape index (κ1) is 14.3. The van der Waals surface area contributed by atoms with Crippen LogP contribution in [0.4, 0.5) is 0 Å². The lowest BCUT2D eigenvalue weighted by Gasteiger charge is -2.38. The molecule has 108 valence electrons.